The fraction of sp³-hybridized carbons (Fsp3) is 0.118. The third-order valence-electron chi connectivity index (χ3n) is 3.56. The number of nitrogen functional groups attached to an aromatic ring is 1. The van der Waals surface area contributed by atoms with Crippen molar-refractivity contribution in [2.24, 2.45) is 0 Å². The van der Waals surface area contributed by atoms with E-state index in [0.717, 1.165) is 12.2 Å². The average Bonchev–Trinajstić information content (AvgIpc) is 3.34. The molecule has 4 N–H and O–H groups in total. The van der Waals surface area contributed by atoms with Gasteiger partial charge in [-0.05, 0) is 35.7 Å². The van der Waals surface area contributed by atoms with E-state index in [0.29, 0.717) is 28.4 Å². The number of aromatic amines is 1. The van der Waals surface area contributed by atoms with Crippen molar-refractivity contribution in [2.45, 2.75) is 17.3 Å². The number of aromatic nitrogens is 6. The summed E-state index contributed by atoms with van der Waals surface area (Å²) in [6.07, 6.45) is 0.718. The van der Waals surface area contributed by atoms with Gasteiger partial charge in [-0.25, -0.2) is 9.37 Å². The summed E-state index contributed by atoms with van der Waals surface area (Å²) in [7, 11) is 0. The highest BCUT2D eigenvalue weighted by molar-refractivity contribution is 7.98. The van der Waals surface area contributed by atoms with Crippen molar-refractivity contribution in [3.05, 3.63) is 64.1 Å². The molecule has 1 aromatic carbocycles. The molecule has 0 radical (unpaired) electrons. The van der Waals surface area contributed by atoms with E-state index in [1.165, 1.54) is 28.8 Å². The Balaban J connectivity index is 1.40. The van der Waals surface area contributed by atoms with Crippen molar-refractivity contribution < 1.29 is 4.39 Å². The standard InChI is InChI=1S/C17H15FN8S2/c18-10-3-5-11(6-4-10)20-16-22-14(21-15(19)24-16)9-28-17-23-13(25-26-17)8-12-2-1-7-27-12/h1-7H,8-9H2,(H,23,25,26)(H3,19,20,21,22,24). The zero-order valence-corrected chi connectivity index (χ0v) is 16.1. The zero-order valence-electron chi connectivity index (χ0n) is 14.5. The van der Waals surface area contributed by atoms with Crippen LogP contribution in [0, 0.1) is 5.82 Å². The maximum absolute atomic E-state index is 13.0. The van der Waals surface area contributed by atoms with E-state index in [2.05, 4.69) is 41.5 Å². The molecule has 0 aliphatic heterocycles. The summed E-state index contributed by atoms with van der Waals surface area (Å²) in [5.74, 6) is 1.81. The number of nitrogens with zero attached hydrogens (tertiary/aromatic N) is 5. The van der Waals surface area contributed by atoms with E-state index in [1.54, 1.807) is 23.5 Å². The van der Waals surface area contributed by atoms with E-state index in [1.807, 2.05) is 11.4 Å². The molecule has 3 aromatic heterocycles. The van der Waals surface area contributed by atoms with Gasteiger partial charge in [0.15, 0.2) is 0 Å². The lowest BCUT2D eigenvalue weighted by Crippen LogP contribution is -2.06. The lowest BCUT2D eigenvalue weighted by atomic mass is 10.3. The number of thiophene rings is 1. The predicted molar refractivity (Wildman–Crippen MR) is 107 cm³/mol. The lowest BCUT2D eigenvalue weighted by Gasteiger charge is -2.06. The second-order valence-electron chi connectivity index (χ2n) is 5.67. The van der Waals surface area contributed by atoms with Gasteiger partial charge >= 0.3 is 0 Å². The molecular formula is C17H15FN8S2. The quantitative estimate of drug-likeness (QED) is 0.394. The van der Waals surface area contributed by atoms with Crippen molar-refractivity contribution in [2.75, 3.05) is 11.1 Å². The van der Waals surface area contributed by atoms with Crippen LogP contribution >= 0.6 is 23.1 Å². The number of thioether (sulfide) groups is 1. The number of rotatable bonds is 7. The van der Waals surface area contributed by atoms with Crippen LogP contribution in [0.5, 0.6) is 0 Å². The highest BCUT2D eigenvalue weighted by atomic mass is 32.2. The van der Waals surface area contributed by atoms with E-state index in [-0.39, 0.29) is 11.8 Å². The smallest absolute Gasteiger partial charge is 0.232 e. The molecule has 4 rings (SSSR count). The van der Waals surface area contributed by atoms with Crippen LogP contribution in [-0.2, 0) is 12.2 Å². The maximum Gasteiger partial charge on any atom is 0.232 e. The summed E-state index contributed by atoms with van der Waals surface area (Å²) in [6.45, 7) is 0. The van der Waals surface area contributed by atoms with Gasteiger partial charge in [0.25, 0.3) is 0 Å². The number of halogens is 1. The molecule has 0 aliphatic carbocycles. The first-order chi connectivity index (χ1) is 13.6. The molecule has 28 heavy (non-hydrogen) atoms. The summed E-state index contributed by atoms with van der Waals surface area (Å²) in [5, 5.41) is 12.8. The van der Waals surface area contributed by atoms with E-state index >= 15 is 0 Å². The molecule has 0 amide bonds. The van der Waals surface area contributed by atoms with Crippen molar-refractivity contribution in [1.29, 1.82) is 0 Å². The maximum atomic E-state index is 13.0. The molecule has 0 bridgehead atoms. The summed E-state index contributed by atoms with van der Waals surface area (Å²) in [4.78, 5) is 18.2. The number of hydrogen-bond acceptors (Lipinski definition) is 9. The van der Waals surface area contributed by atoms with Gasteiger partial charge in [0.2, 0.25) is 17.1 Å². The number of hydrogen-bond donors (Lipinski definition) is 3. The summed E-state index contributed by atoms with van der Waals surface area (Å²) in [6, 6.07) is 9.94. The Kier molecular flexibility index (Phi) is 5.44. The monoisotopic (exact) mass is 414 g/mol. The lowest BCUT2D eigenvalue weighted by molar-refractivity contribution is 0.628. The SMILES string of the molecule is Nc1nc(CSc2n[nH]c(Cc3cccs3)n2)nc(Nc2ccc(F)cc2)n1. The Labute approximate surface area is 167 Å². The molecule has 0 unspecified atom stereocenters. The Hall–Kier alpha value is -3.05. The van der Waals surface area contributed by atoms with Gasteiger partial charge in [-0.2, -0.15) is 15.0 Å². The Morgan fingerprint density at radius 2 is 1.96 bits per heavy atom. The van der Waals surface area contributed by atoms with E-state index < -0.39 is 0 Å². The third-order valence-corrected chi connectivity index (χ3v) is 5.28. The van der Waals surface area contributed by atoms with Crippen molar-refractivity contribution >= 4 is 40.7 Å². The molecule has 0 atom stereocenters. The fourth-order valence-corrected chi connectivity index (χ4v) is 3.73. The molecule has 0 fully saturated rings. The molecule has 8 nitrogen and oxygen atoms in total. The Bertz CT molecular complexity index is 1050. The summed E-state index contributed by atoms with van der Waals surface area (Å²) >= 11 is 3.08. The fourth-order valence-electron chi connectivity index (χ4n) is 2.35. The molecule has 0 aliphatic rings. The highest BCUT2D eigenvalue weighted by Gasteiger charge is 2.09. The number of nitrogens with one attached hydrogen (secondary N) is 2. The molecule has 3 heterocycles. The largest absolute Gasteiger partial charge is 0.368 e. The molecule has 4 aromatic rings. The topological polar surface area (TPSA) is 118 Å². The Morgan fingerprint density at radius 3 is 2.75 bits per heavy atom. The van der Waals surface area contributed by atoms with Crippen LogP contribution in [0.3, 0.4) is 0 Å². The summed E-state index contributed by atoms with van der Waals surface area (Å²) in [5.41, 5.74) is 6.43. The van der Waals surface area contributed by atoms with Crippen LogP contribution in [0.2, 0.25) is 0 Å². The third kappa shape index (κ3) is 4.81. The van der Waals surface area contributed by atoms with Crippen LogP contribution in [0.4, 0.5) is 22.0 Å². The van der Waals surface area contributed by atoms with Gasteiger partial charge in [0, 0.05) is 17.0 Å². The first kappa shape index (κ1) is 18.3. The number of benzene rings is 1. The normalized spacial score (nSPS) is 10.9. The van der Waals surface area contributed by atoms with Crippen LogP contribution in [-0.4, -0.2) is 30.1 Å². The van der Waals surface area contributed by atoms with Gasteiger partial charge in [-0.3, -0.25) is 5.10 Å². The molecular weight excluding hydrogens is 399 g/mol. The van der Waals surface area contributed by atoms with Crippen molar-refractivity contribution in [1.82, 2.24) is 30.1 Å². The van der Waals surface area contributed by atoms with Gasteiger partial charge in [-0.1, -0.05) is 17.8 Å². The van der Waals surface area contributed by atoms with E-state index in [4.69, 9.17) is 5.73 Å². The second-order valence-corrected chi connectivity index (χ2v) is 7.65. The van der Waals surface area contributed by atoms with Gasteiger partial charge in [-0.15, -0.1) is 16.4 Å². The molecule has 11 heteroatoms. The molecule has 0 spiro atoms. The minimum atomic E-state index is -0.317. The van der Waals surface area contributed by atoms with E-state index in [9.17, 15) is 4.39 Å². The van der Waals surface area contributed by atoms with Crippen LogP contribution in [0.25, 0.3) is 0 Å². The molecule has 0 saturated carbocycles. The van der Waals surface area contributed by atoms with Gasteiger partial charge in [0.05, 0.1) is 5.75 Å². The first-order valence-corrected chi connectivity index (χ1v) is 10.1. The number of anilines is 3. The van der Waals surface area contributed by atoms with Gasteiger partial charge in [0.1, 0.15) is 17.5 Å². The minimum Gasteiger partial charge on any atom is -0.368 e. The zero-order chi connectivity index (χ0) is 19.3. The number of H-pyrrole nitrogens is 1. The molecule has 0 saturated heterocycles. The first-order valence-electron chi connectivity index (χ1n) is 8.23. The minimum absolute atomic E-state index is 0.101. The van der Waals surface area contributed by atoms with Gasteiger partial charge < -0.3 is 11.1 Å². The Morgan fingerprint density at radius 1 is 1.11 bits per heavy atom. The van der Waals surface area contributed by atoms with Crippen LogP contribution in [0.15, 0.2) is 46.9 Å². The van der Waals surface area contributed by atoms with Crippen molar-refractivity contribution in [3.63, 3.8) is 0 Å². The van der Waals surface area contributed by atoms with Crippen LogP contribution < -0.4 is 11.1 Å². The average molecular weight is 414 g/mol. The summed E-state index contributed by atoms with van der Waals surface area (Å²) < 4.78 is 13.0. The van der Waals surface area contributed by atoms with Crippen LogP contribution in [0.1, 0.15) is 16.5 Å². The second kappa shape index (κ2) is 8.31. The molecule has 142 valence electrons. The van der Waals surface area contributed by atoms with Crippen molar-refractivity contribution in [3.8, 4) is 0 Å². The number of nitrogens with two attached hydrogens (primary N) is 1. The predicted octanol–water partition coefficient (Wildman–Crippen LogP) is 3.40. The highest BCUT2D eigenvalue weighted by Crippen LogP contribution is 2.20.